The molecule has 0 rings (SSSR count). The number of rotatable bonds is 83. The highest BCUT2D eigenvalue weighted by molar-refractivity contribution is 5.76. The molecule has 0 fully saturated rings. The number of aliphatic hydroxyl groups excluding tert-OH is 2. The molecule has 0 saturated carbocycles. The fraction of sp³-hybridized carbons (Fsp3) is 0.889. The van der Waals surface area contributed by atoms with Gasteiger partial charge in [-0.15, -0.1) is 0 Å². The van der Waals surface area contributed by atoms with Crippen molar-refractivity contribution in [2.45, 2.75) is 501 Å². The van der Waals surface area contributed by atoms with Crippen molar-refractivity contribution in [3.05, 3.63) is 48.6 Å². The SMILES string of the molecule is CCCCC/C=C\C/C=C\CCCCCCCCCCCC(=O)OCCCCCCCCCCCCCCCCCCCC/C=C\CCCCCCCCCCCCCCCCCCCC(=O)NC(CO)C(O)/C=C/CCCCCCCCCCCCCCCCCCCCC. The fourth-order valence-electron chi connectivity index (χ4n) is 13.9. The second-order valence-electron chi connectivity index (χ2n) is 30.2. The Labute approximate surface area is 601 Å². The highest BCUT2D eigenvalue weighted by atomic mass is 16.5. The van der Waals surface area contributed by atoms with Gasteiger partial charge in [-0.05, 0) is 89.9 Å². The predicted molar refractivity (Wildman–Crippen MR) is 426 cm³/mol. The summed E-state index contributed by atoms with van der Waals surface area (Å²) in [4.78, 5) is 24.7. The van der Waals surface area contributed by atoms with Crippen molar-refractivity contribution in [2.24, 2.45) is 0 Å². The number of hydrogen-bond acceptors (Lipinski definition) is 5. The third-order valence-corrected chi connectivity index (χ3v) is 20.6. The summed E-state index contributed by atoms with van der Waals surface area (Å²) in [7, 11) is 0. The van der Waals surface area contributed by atoms with Gasteiger partial charge in [-0.3, -0.25) is 9.59 Å². The zero-order chi connectivity index (χ0) is 69.1. The van der Waals surface area contributed by atoms with Gasteiger partial charge in [0.05, 0.1) is 25.4 Å². The second kappa shape index (κ2) is 85.2. The lowest BCUT2D eigenvalue weighted by Gasteiger charge is -2.20. The largest absolute Gasteiger partial charge is 0.466 e. The first-order valence-electron chi connectivity index (χ1n) is 43.9. The van der Waals surface area contributed by atoms with Crippen LogP contribution in [-0.4, -0.2) is 47.4 Å². The minimum atomic E-state index is -0.843. The summed E-state index contributed by atoms with van der Waals surface area (Å²) in [5.41, 5.74) is 0. The number of allylic oxidation sites excluding steroid dienone is 7. The van der Waals surface area contributed by atoms with Gasteiger partial charge in [0.1, 0.15) is 0 Å². The van der Waals surface area contributed by atoms with Crippen molar-refractivity contribution < 1.29 is 24.5 Å². The van der Waals surface area contributed by atoms with Crippen molar-refractivity contribution in [2.75, 3.05) is 13.2 Å². The number of unbranched alkanes of at least 4 members (excludes halogenated alkanes) is 66. The normalized spacial score (nSPS) is 12.7. The zero-order valence-electron chi connectivity index (χ0n) is 65.1. The number of amides is 1. The fourth-order valence-corrected chi connectivity index (χ4v) is 13.9. The van der Waals surface area contributed by atoms with Crippen LogP contribution in [0.25, 0.3) is 0 Å². The van der Waals surface area contributed by atoms with Gasteiger partial charge < -0.3 is 20.3 Å². The summed E-state index contributed by atoms with van der Waals surface area (Å²) in [5, 5.41) is 23.3. The molecule has 0 radical (unpaired) electrons. The second-order valence-corrected chi connectivity index (χ2v) is 30.2. The van der Waals surface area contributed by atoms with E-state index in [1.165, 1.54) is 417 Å². The quantitative estimate of drug-likeness (QED) is 0.0320. The zero-order valence-corrected chi connectivity index (χ0v) is 65.1. The van der Waals surface area contributed by atoms with Crippen LogP contribution in [0.15, 0.2) is 48.6 Å². The van der Waals surface area contributed by atoms with E-state index in [0.717, 1.165) is 44.9 Å². The molecule has 0 aliphatic rings. The smallest absolute Gasteiger partial charge is 0.305 e. The van der Waals surface area contributed by atoms with E-state index in [4.69, 9.17) is 4.74 Å². The van der Waals surface area contributed by atoms with Crippen molar-refractivity contribution in [3.8, 4) is 0 Å². The third-order valence-electron chi connectivity index (χ3n) is 20.6. The number of carbonyl (C=O) groups is 2. The molecule has 6 heteroatoms. The molecule has 0 aliphatic heterocycles. The van der Waals surface area contributed by atoms with Gasteiger partial charge >= 0.3 is 5.97 Å². The van der Waals surface area contributed by atoms with E-state index in [0.29, 0.717) is 19.4 Å². The van der Waals surface area contributed by atoms with Crippen molar-refractivity contribution in [1.29, 1.82) is 0 Å². The molecular weight excluding hydrogens is 1170 g/mol. The maximum absolute atomic E-state index is 12.6. The van der Waals surface area contributed by atoms with Gasteiger partial charge in [-0.2, -0.15) is 0 Å². The van der Waals surface area contributed by atoms with E-state index in [2.05, 4.69) is 55.6 Å². The highest BCUT2D eigenvalue weighted by Crippen LogP contribution is 2.20. The minimum absolute atomic E-state index is 0.0192. The topological polar surface area (TPSA) is 95.9 Å². The number of esters is 1. The standard InChI is InChI=1S/C90H171NO5/c1-3-5-7-9-11-13-15-17-19-21-23-43-47-50-54-58-62-66-70-74-78-82-88(93)87(86-92)91-89(94)83-79-75-71-67-63-59-55-51-48-44-41-39-37-35-33-31-29-27-25-24-26-28-30-32-34-36-38-40-42-45-49-53-57-61-65-69-73-77-81-85-96-90(95)84-80-76-72-68-64-60-56-52-46-22-20-18-16-14-12-10-8-6-4-2/h12,14,18,20,24-25,78,82,87-88,92-93H,3-11,13,15-17,19,21-23,26-77,79-81,83-86H2,1-2H3,(H,91,94)/b14-12-,20-18-,25-24-,82-78+. The van der Waals surface area contributed by atoms with Gasteiger partial charge in [0, 0.05) is 12.8 Å². The Morgan fingerprint density at radius 2 is 0.521 bits per heavy atom. The lowest BCUT2D eigenvalue weighted by atomic mass is 10.0. The molecule has 2 unspecified atom stereocenters. The summed E-state index contributed by atoms with van der Waals surface area (Å²) < 4.78 is 5.52. The number of hydrogen-bond donors (Lipinski definition) is 3. The molecule has 0 saturated heterocycles. The minimum Gasteiger partial charge on any atom is -0.466 e. The molecule has 0 spiro atoms. The van der Waals surface area contributed by atoms with E-state index in [9.17, 15) is 19.8 Å². The molecule has 566 valence electrons. The number of nitrogens with one attached hydrogen (secondary N) is 1. The molecule has 6 nitrogen and oxygen atoms in total. The van der Waals surface area contributed by atoms with Crippen LogP contribution in [0.5, 0.6) is 0 Å². The van der Waals surface area contributed by atoms with E-state index in [1.807, 2.05) is 6.08 Å². The summed E-state index contributed by atoms with van der Waals surface area (Å²) >= 11 is 0. The number of ether oxygens (including phenoxy) is 1. The van der Waals surface area contributed by atoms with E-state index >= 15 is 0 Å². The van der Waals surface area contributed by atoms with Crippen LogP contribution in [0.4, 0.5) is 0 Å². The van der Waals surface area contributed by atoms with Crippen LogP contribution in [0, 0.1) is 0 Å². The summed E-state index contributed by atoms with van der Waals surface area (Å²) in [6, 6.07) is -0.626. The molecule has 0 aliphatic carbocycles. The summed E-state index contributed by atoms with van der Waals surface area (Å²) in [6.07, 6.45) is 114. The first kappa shape index (κ1) is 93.8. The molecule has 0 bridgehead atoms. The molecule has 96 heavy (non-hydrogen) atoms. The maximum atomic E-state index is 12.6. The third kappa shape index (κ3) is 80.8. The van der Waals surface area contributed by atoms with Gasteiger partial charge in [0.15, 0.2) is 0 Å². The Bertz CT molecular complexity index is 1600. The first-order valence-corrected chi connectivity index (χ1v) is 43.9. The number of carbonyl (C=O) groups excluding carboxylic acids is 2. The van der Waals surface area contributed by atoms with Crippen LogP contribution in [-0.2, 0) is 14.3 Å². The molecular formula is C90H171NO5. The molecule has 1 amide bonds. The van der Waals surface area contributed by atoms with Crippen LogP contribution in [0.2, 0.25) is 0 Å². The van der Waals surface area contributed by atoms with E-state index < -0.39 is 12.1 Å². The van der Waals surface area contributed by atoms with Crippen LogP contribution in [0.3, 0.4) is 0 Å². The average Bonchev–Trinajstić information content (AvgIpc) is 3.22. The Balaban J connectivity index is 3.34. The van der Waals surface area contributed by atoms with Crippen molar-refractivity contribution >= 4 is 11.9 Å². The maximum Gasteiger partial charge on any atom is 0.305 e. The Hall–Kier alpha value is -2.18. The first-order chi connectivity index (χ1) is 47.5. The van der Waals surface area contributed by atoms with Crippen LogP contribution >= 0.6 is 0 Å². The predicted octanol–water partition coefficient (Wildman–Crippen LogP) is 29.5. The van der Waals surface area contributed by atoms with Gasteiger partial charge in [0.25, 0.3) is 0 Å². The summed E-state index contributed by atoms with van der Waals surface area (Å²) in [6.45, 7) is 4.93. The monoisotopic (exact) mass is 1350 g/mol. The van der Waals surface area contributed by atoms with Crippen LogP contribution < -0.4 is 5.32 Å². The molecule has 0 aromatic heterocycles. The molecule has 2 atom stereocenters. The molecule has 0 heterocycles. The molecule has 0 aromatic rings. The Morgan fingerprint density at radius 3 is 0.823 bits per heavy atom. The highest BCUT2D eigenvalue weighted by Gasteiger charge is 2.18. The van der Waals surface area contributed by atoms with Crippen molar-refractivity contribution in [3.63, 3.8) is 0 Å². The lowest BCUT2D eigenvalue weighted by molar-refractivity contribution is -0.143. The van der Waals surface area contributed by atoms with E-state index in [-0.39, 0.29) is 18.5 Å². The van der Waals surface area contributed by atoms with E-state index in [1.54, 1.807) is 6.08 Å². The van der Waals surface area contributed by atoms with Gasteiger partial charge in [0.2, 0.25) is 5.91 Å². The van der Waals surface area contributed by atoms with Crippen molar-refractivity contribution in [1.82, 2.24) is 5.32 Å². The van der Waals surface area contributed by atoms with Crippen LogP contribution in [0.1, 0.15) is 489 Å². The Morgan fingerprint density at radius 1 is 0.292 bits per heavy atom. The number of aliphatic hydroxyl groups is 2. The van der Waals surface area contributed by atoms with Gasteiger partial charge in [-0.25, -0.2) is 0 Å². The summed E-state index contributed by atoms with van der Waals surface area (Å²) in [5.74, 6) is -0.0396. The average molecular weight is 1350 g/mol. The molecule has 0 aromatic carbocycles. The lowest BCUT2D eigenvalue weighted by Crippen LogP contribution is -2.45. The van der Waals surface area contributed by atoms with Gasteiger partial charge in [-0.1, -0.05) is 435 Å². The molecule has 3 N–H and O–H groups in total. The Kier molecular flexibility index (Phi) is 83.3.